The number of allylic oxidation sites excluding steroid dienone is 8. The van der Waals surface area contributed by atoms with Gasteiger partial charge in [-0.2, -0.15) is 0 Å². The SMILES string of the molecule is CC=C(C)O[Si](OC(C)=CC)(OC(C)=CC)OC(C)=CC. The zero-order valence-electron chi connectivity index (χ0n) is 14.4. The van der Waals surface area contributed by atoms with Gasteiger partial charge >= 0.3 is 9.05 Å². The van der Waals surface area contributed by atoms with E-state index in [1.807, 2.05) is 79.7 Å². The molecule has 0 saturated heterocycles. The van der Waals surface area contributed by atoms with Crippen molar-refractivity contribution in [1.29, 1.82) is 0 Å². The van der Waals surface area contributed by atoms with E-state index in [9.17, 15) is 0 Å². The van der Waals surface area contributed by atoms with Gasteiger partial charge in [-0.25, -0.2) is 0 Å². The summed E-state index contributed by atoms with van der Waals surface area (Å²) in [5.41, 5.74) is 0. The smallest absolute Gasteiger partial charge is 0.457 e. The summed E-state index contributed by atoms with van der Waals surface area (Å²) < 4.78 is 23.7. The minimum absolute atomic E-state index is 0.693. The summed E-state index contributed by atoms with van der Waals surface area (Å²) in [4.78, 5) is 0. The van der Waals surface area contributed by atoms with Gasteiger partial charge in [0.2, 0.25) is 0 Å². The van der Waals surface area contributed by atoms with E-state index >= 15 is 0 Å². The highest BCUT2D eigenvalue weighted by atomic mass is 28.4. The Kier molecular flexibility index (Phi) is 8.62. The molecule has 4 nitrogen and oxygen atoms in total. The van der Waals surface area contributed by atoms with Crippen LogP contribution in [0.1, 0.15) is 55.4 Å². The van der Waals surface area contributed by atoms with Crippen molar-refractivity contribution >= 4 is 9.05 Å². The van der Waals surface area contributed by atoms with Crippen molar-refractivity contribution in [1.82, 2.24) is 0 Å². The van der Waals surface area contributed by atoms with Crippen molar-refractivity contribution in [2.45, 2.75) is 55.4 Å². The van der Waals surface area contributed by atoms with Crippen LogP contribution in [-0.4, -0.2) is 9.05 Å². The highest BCUT2D eigenvalue weighted by Crippen LogP contribution is 2.25. The zero-order chi connectivity index (χ0) is 16.5. The van der Waals surface area contributed by atoms with Gasteiger partial charge in [0, 0.05) is 0 Å². The monoisotopic (exact) mass is 312 g/mol. The van der Waals surface area contributed by atoms with Gasteiger partial charge in [-0.15, -0.1) is 0 Å². The fourth-order valence-electron chi connectivity index (χ4n) is 1.15. The van der Waals surface area contributed by atoms with Crippen LogP contribution < -0.4 is 0 Å². The number of rotatable bonds is 8. The predicted molar refractivity (Wildman–Crippen MR) is 87.8 cm³/mol. The lowest BCUT2D eigenvalue weighted by Gasteiger charge is -2.29. The molecular formula is C16H28O4Si. The maximum absolute atomic E-state index is 5.92. The molecule has 5 heteroatoms. The Bertz CT molecular complexity index is 362. The first-order valence-corrected chi connectivity index (χ1v) is 8.73. The maximum atomic E-state index is 5.92. The first-order chi connectivity index (χ1) is 9.82. The molecule has 0 atom stereocenters. The predicted octanol–water partition coefficient (Wildman–Crippen LogP) is 5.18. The Morgan fingerprint density at radius 3 is 0.857 bits per heavy atom. The third-order valence-electron chi connectivity index (χ3n) is 2.77. The van der Waals surface area contributed by atoms with Crippen molar-refractivity contribution in [3.8, 4) is 0 Å². The molecule has 0 amide bonds. The van der Waals surface area contributed by atoms with E-state index in [-0.39, 0.29) is 0 Å². The molecule has 0 fully saturated rings. The van der Waals surface area contributed by atoms with E-state index < -0.39 is 9.05 Å². The van der Waals surface area contributed by atoms with Gasteiger partial charge in [0.05, 0.1) is 23.0 Å². The Hall–Kier alpha value is -1.62. The molecule has 0 aliphatic heterocycles. The normalized spacial score (nSPS) is 17.1. The van der Waals surface area contributed by atoms with Crippen molar-refractivity contribution in [3.05, 3.63) is 47.3 Å². The van der Waals surface area contributed by atoms with Crippen LogP contribution in [0, 0.1) is 0 Å². The summed E-state index contributed by atoms with van der Waals surface area (Å²) in [6.45, 7) is 14.9. The molecule has 0 aromatic heterocycles. The average Bonchev–Trinajstić information content (AvgIpc) is 2.46. The van der Waals surface area contributed by atoms with E-state index in [2.05, 4.69) is 0 Å². The summed E-state index contributed by atoms with van der Waals surface area (Å²) in [5, 5.41) is 0. The van der Waals surface area contributed by atoms with Crippen LogP contribution in [0.4, 0.5) is 0 Å². The van der Waals surface area contributed by atoms with Gasteiger partial charge in [-0.3, -0.25) is 0 Å². The zero-order valence-corrected chi connectivity index (χ0v) is 15.4. The third-order valence-corrected chi connectivity index (χ3v) is 5.06. The van der Waals surface area contributed by atoms with E-state index in [0.29, 0.717) is 23.0 Å². The van der Waals surface area contributed by atoms with Gasteiger partial charge in [0.15, 0.2) is 0 Å². The fourth-order valence-corrected chi connectivity index (χ4v) is 3.45. The summed E-state index contributed by atoms with van der Waals surface area (Å²) in [5.74, 6) is 2.77. The van der Waals surface area contributed by atoms with E-state index in [1.54, 1.807) is 0 Å². The molecule has 0 N–H and O–H groups in total. The molecule has 0 aromatic carbocycles. The summed E-state index contributed by atoms with van der Waals surface area (Å²) in [7, 11) is -3.40. The Morgan fingerprint density at radius 2 is 0.714 bits per heavy atom. The van der Waals surface area contributed by atoms with Gasteiger partial charge < -0.3 is 17.7 Å². The highest BCUT2D eigenvalue weighted by Gasteiger charge is 2.58. The first kappa shape index (κ1) is 19.4. The standard InChI is InChI=1S/C16H28O4Si/c1-9-13(5)17-21(18-14(6)10-2,19-15(7)11-3)20-16(8)12-4/h9-12H,1-8H3. The van der Waals surface area contributed by atoms with Crippen LogP contribution in [0.25, 0.3) is 0 Å². The molecule has 0 heterocycles. The lowest BCUT2D eigenvalue weighted by molar-refractivity contribution is 0.0427. The third kappa shape index (κ3) is 7.08. The molecule has 120 valence electrons. The van der Waals surface area contributed by atoms with Crippen LogP contribution in [0.3, 0.4) is 0 Å². The molecule has 0 bridgehead atoms. The van der Waals surface area contributed by atoms with Crippen molar-refractivity contribution in [2.24, 2.45) is 0 Å². The number of hydrogen-bond donors (Lipinski definition) is 0. The maximum Gasteiger partial charge on any atom is 0.965 e. The Labute approximate surface area is 130 Å². The van der Waals surface area contributed by atoms with E-state index in [0.717, 1.165) is 0 Å². The summed E-state index contributed by atoms with van der Waals surface area (Å²) >= 11 is 0. The van der Waals surface area contributed by atoms with Gasteiger partial charge in [0.25, 0.3) is 0 Å². The van der Waals surface area contributed by atoms with Gasteiger partial charge in [-0.1, -0.05) is 24.3 Å². The first-order valence-electron chi connectivity index (χ1n) is 7.10. The minimum atomic E-state index is -3.40. The largest absolute Gasteiger partial charge is 0.965 e. The van der Waals surface area contributed by atoms with Crippen LogP contribution in [0.15, 0.2) is 47.3 Å². The average molecular weight is 312 g/mol. The van der Waals surface area contributed by atoms with Crippen LogP contribution in [0.5, 0.6) is 0 Å². The Balaban J connectivity index is 5.66. The molecule has 0 saturated carbocycles. The second kappa shape index (κ2) is 9.34. The second-order valence-corrected chi connectivity index (χ2v) is 6.32. The fraction of sp³-hybridized carbons (Fsp3) is 0.500. The lowest BCUT2D eigenvalue weighted by Crippen LogP contribution is -2.47. The quantitative estimate of drug-likeness (QED) is 0.457. The minimum Gasteiger partial charge on any atom is -0.457 e. The van der Waals surface area contributed by atoms with Crippen molar-refractivity contribution < 1.29 is 17.7 Å². The van der Waals surface area contributed by atoms with Crippen molar-refractivity contribution in [3.63, 3.8) is 0 Å². The highest BCUT2D eigenvalue weighted by molar-refractivity contribution is 6.54. The van der Waals surface area contributed by atoms with Crippen molar-refractivity contribution in [2.75, 3.05) is 0 Å². The Morgan fingerprint density at radius 1 is 0.524 bits per heavy atom. The molecule has 0 spiro atoms. The van der Waals surface area contributed by atoms with E-state index in [1.165, 1.54) is 0 Å². The summed E-state index contributed by atoms with van der Waals surface area (Å²) in [6.07, 6.45) is 7.38. The molecule has 0 unspecified atom stereocenters. The molecule has 0 aromatic rings. The van der Waals surface area contributed by atoms with Crippen LogP contribution in [-0.2, 0) is 17.7 Å². The second-order valence-electron chi connectivity index (χ2n) is 4.51. The molecule has 21 heavy (non-hydrogen) atoms. The lowest BCUT2D eigenvalue weighted by atomic mass is 10.5. The topological polar surface area (TPSA) is 36.9 Å². The van der Waals surface area contributed by atoms with E-state index in [4.69, 9.17) is 17.7 Å². The van der Waals surface area contributed by atoms with Gasteiger partial charge in [0.1, 0.15) is 0 Å². The molecule has 0 radical (unpaired) electrons. The number of hydrogen-bond acceptors (Lipinski definition) is 4. The molecule has 0 rings (SSSR count). The van der Waals surface area contributed by atoms with Crippen LogP contribution >= 0.6 is 0 Å². The van der Waals surface area contributed by atoms with Crippen LogP contribution in [0.2, 0.25) is 0 Å². The van der Waals surface area contributed by atoms with Gasteiger partial charge in [-0.05, 0) is 55.4 Å². The molecule has 0 aliphatic rings. The molecule has 0 aliphatic carbocycles. The molecular weight excluding hydrogens is 284 g/mol. The summed E-state index contributed by atoms with van der Waals surface area (Å²) in [6, 6.07) is 0.